The van der Waals surface area contributed by atoms with E-state index in [9.17, 15) is 18.0 Å². The van der Waals surface area contributed by atoms with Gasteiger partial charge in [0.2, 0.25) is 0 Å². The third kappa shape index (κ3) is 6.05. The van der Waals surface area contributed by atoms with Crippen molar-refractivity contribution in [1.29, 1.82) is 0 Å². The third-order valence-electron chi connectivity index (χ3n) is 5.74. The van der Waals surface area contributed by atoms with Crippen LogP contribution in [0.4, 0.5) is 13.2 Å². The molecule has 0 atom stereocenters. The first-order chi connectivity index (χ1) is 17.6. The summed E-state index contributed by atoms with van der Waals surface area (Å²) >= 11 is 0. The summed E-state index contributed by atoms with van der Waals surface area (Å²) in [6.45, 7) is 3.25. The minimum Gasteiger partial charge on any atom is -0.475 e. The Labute approximate surface area is 208 Å². The van der Waals surface area contributed by atoms with Gasteiger partial charge in [-0.05, 0) is 44.0 Å². The maximum absolute atomic E-state index is 12.8. The summed E-state index contributed by atoms with van der Waals surface area (Å²) in [5, 5.41) is 7.12. The fraction of sp³-hybridized carbons (Fsp3) is 0.292. The van der Waals surface area contributed by atoms with Crippen molar-refractivity contribution in [3.05, 3.63) is 66.6 Å². The maximum Gasteiger partial charge on any atom is 0.490 e. The number of fused-ring (bicyclic) bond motifs is 1. The van der Waals surface area contributed by atoms with Crippen molar-refractivity contribution in [2.75, 3.05) is 13.1 Å². The van der Waals surface area contributed by atoms with Crippen LogP contribution in [0.2, 0.25) is 0 Å². The molecule has 0 saturated carbocycles. The minimum atomic E-state index is -5.08. The van der Waals surface area contributed by atoms with Gasteiger partial charge < -0.3 is 14.6 Å². The van der Waals surface area contributed by atoms with Crippen LogP contribution >= 0.6 is 0 Å². The van der Waals surface area contributed by atoms with E-state index in [0.717, 1.165) is 35.4 Å². The number of alkyl halides is 3. The lowest BCUT2D eigenvalue weighted by atomic mass is 10.0. The maximum atomic E-state index is 12.8. The smallest absolute Gasteiger partial charge is 0.475 e. The molecular weight excluding hydrogens is 491 g/mol. The number of amides is 1. The molecule has 10 nitrogen and oxygen atoms in total. The average molecular weight is 513 g/mol. The van der Waals surface area contributed by atoms with Crippen LogP contribution in [0.3, 0.4) is 0 Å². The lowest BCUT2D eigenvalue weighted by molar-refractivity contribution is -0.192. The van der Waals surface area contributed by atoms with E-state index in [4.69, 9.17) is 14.9 Å². The van der Waals surface area contributed by atoms with Gasteiger partial charge in [-0.15, -0.1) is 0 Å². The van der Waals surface area contributed by atoms with E-state index in [1.54, 1.807) is 24.7 Å². The molecule has 4 aromatic rings. The van der Waals surface area contributed by atoms with Crippen LogP contribution in [0.1, 0.15) is 35.1 Å². The van der Waals surface area contributed by atoms with Gasteiger partial charge in [-0.25, -0.2) is 24.7 Å². The summed E-state index contributed by atoms with van der Waals surface area (Å²) in [4.78, 5) is 45.8. The molecule has 0 unspecified atom stereocenters. The Morgan fingerprint density at radius 1 is 1.03 bits per heavy atom. The van der Waals surface area contributed by atoms with Crippen molar-refractivity contribution >= 4 is 23.2 Å². The number of carbonyl (C=O) groups excluding carboxylic acids is 1. The number of halogens is 3. The van der Waals surface area contributed by atoms with Crippen LogP contribution < -0.4 is 0 Å². The third-order valence-corrected chi connectivity index (χ3v) is 5.74. The second kappa shape index (κ2) is 10.7. The molecule has 5 heterocycles. The van der Waals surface area contributed by atoms with Gasteiger partial charge in [-0.1, -0.05) is 6.07 Å². The fourth-order valence-electron chi connectivity index (χ4n) is 3.90. The van der Waals surface area contributed by atoms with Crippen molar-refractivity contribution in [1.82, 2.24) is 34.4 Å². The van der Waals surface area contributed by atoms with E-state index in [-0.39, 0.29) is 11.9 Å². The van der Waals surface area contributed by atoms with Gasteiger partial charge in [0.15, 0.2) is 11.3 Å². The van der Waals surface area contributed by atoms with Gasteiger partial charge in [0, 0.05) is 42.8 Å². The van der Waals surface area contributed by atoms with Gasteiger partial charge in [-0.3, -0.25) is 9.78 Å². The molecule has 192 valence electrons. The number of aromatic nitrogens is 6. The Kier molecular flexibility index (Phi) is 7.41. The van der Waals surface area contributed by atoms with Crippen LogP contribution in [0, 0.1) is 6.92 Å². The number of likely N-dealkylation sites (tertiary alicyclic amines) is 1. The number of imidazole rings is 1. The van der Waals surface area contributed by atoms with Crippen LogP contribution in [0.5, 0.6) is 0 Å². The van der Waals surface area contributed by atoms with Gasteiger partial charge in [0.1, 0.15) is 5.69 Å². The van der Waals surface area contributed by atoms with E-state index in [1.165, 1.54) is 0 Å². The summed E-state index contributed by atoms with van der Waals surface area (Å²) in [5.74, 6) is -2.77. The number of pyridine rings is 2. The number of aliphatic carboxylic acids is 1. The molecule has 1 aliphatic heterocycles. The number of nitrogens with zero attached hydrogens (tertiary/aromatic N) is 7. The summed E-state index contributed by atoms with van der Waals surface area (Å²) < 4.78 is 33.8. The van der Waals surface area contributed by atoms with E-state index in [1.807, 2.05) is 42.4 Å². The number of carboxylic acids is 1. The molecule has 13 heteroatoms. The number of aryl methyl sites for hydroxylation is 1. The van der Waals surface area contributed by atoms with E-state index < -0.39 is 12.1 Å². The molecule has 0 spiro atoms. The first-order valence-corrected chi connectivity index (χ1v) is 11.3. The van der Waals surface area contributed by atoms with E-state index in [0.29, 0.717) is 24.4 Å². The first-order valence-electron chi connectivity index (χ1n) is 11.3. The van der Waals surface area contributed by atoms with Crippen LogP contribution in [0.15, 0.2) is 55.2 Å². The first kappa shape index (κ1) is 25.7. The molecule has 0 bridgehead atoms. The molecule has 37 heavy (non-hydrogen) atoms. The van der Waals surface area contributed by atoms with Gasteiger partial charge in [-0.2, -0.15) is 13.2 Å². The highest BCUT2D eigenvalue weighted by molar-refractivity contribution is 5.92. The van der Waals surface area contributed by atoms with Gasteiger partial charge >= 0.3 is 12.1 Å². The molecule has 1 fully saturated rings. The standard InChI is InChI=1S/C22H21N7O.C2HF3O2/c1-15-4-2-6-18(26-15)22(30)28-10-7-17(8-11-28)29-14-25-20-21(29)27-19(13-24-20)16-5-3-9-23-12-16;3-2(4,5)1(6)7/h2-6,9,12-14,17H,7-8,10-11H2,1H3;(H,6,7). The number of rotatable bonds is 3. The number of hydrogen-bond acceptors (Lipinski definition) is 7. The summed E-state index contributed by atoms with van der Waals surface area (Å²) in [6, 6.07) is 9.62. The summed E-state index contributed by atoms with van der Waals surface area (Å²) in [7, 11) is 0. The topological polar surface area (TPSA) is 127 Å². The molecular formula is C24H22F3N7O3. The molecule has 5 rings (SSSR count). The van der Waals surface area contributed by atoms with Crippen molar-refractivity contribution in [3.8, 4) is 11.3 Å². The fourth-order valence-corrected chi connectivity index (χ4v) is 3.90. The van der Waals surface area contributed by atoms with Crippen molar-refractivity contribution in [3.63, 3.8) is 0 Å². The molecule has 4 aromatic heterocycles. The molecule has 0 radical (unpaired) electrons. The van der Waals surface area contributed by atoms with Crippen LogP contribution in [-0.4, -0.2) is 70.6 Å². The molecule has 1 amide bonds. The van der Waals surface area contributed by atoms with Gasteiger partial charge in [0.25, 0.3) is 5.91 Å². The predicted molar refractivity (Wildman–Crippen MR) is 125 cm³/mol. The molecule has 1 N–H and O–H groups in total. The normalized spacial score (nSPS) is 14.2. The lowest BCUT2D eigenvalue weighted by Gasteiger charge is -2.32. The largest absolute Gasteiger partial charge is 0.490 e. The Morgan fingerprint density at radius 3 is 2.38 bits per heavy atom. The Balaban J connectivity index is 0.000000405. The molecule has 0 aromatic carbocycles. The van der Waals surface area contributed by atoms with E-state index in [2.05, 4.69) is 24.5 Å². The number of hydrogen-bond donors (Lipinski definition) is 1. The molecule has 1 aliphatic rings. The predicted octanol–water partition coefficient (Wildman–Crippen LogP) is 3.70. The van der Waals surface area contributed by atoms with Crippen molar-refractivity contribution in [2.24, 2.45) is 0 Å². The summed E-state index contributed by atoms with van der Waals surface area (Å²) in [6.07, 6.45) is 3.64. The van der Waals surface area contributed by atoms with Crippen LogP contribution in [-0.2, 0) is 4.79 Å². The van der Waals surface area contributed by atoms with Crippen molar-refractivity contribution < 1.29 is 27.9 Å². The van der Waals surface area contributed by atoms with Gasteiger partial charge in [0.05, 0.1) is 18.2 Å². The highest BCUT2D eigenvalue weighted by atomic mass is 19.4. The number of carboxylic acid groups (broad SMARTS) is 1. The monoisotopic (exact) mass is 513 g/mol. The zero-order chi connectivity index (χ0) is 26.6. The number of piperidine rings is 1. The second-order valence-electron chi connectivity index (χ2n) is 8.29. The highest BCUT2D eigenvalue weighted by Crippen LogP contribution is 2.27. The van der Waals surface area contributed by atoms with Crippen LogP contribution in [0.25, 0.3) is 22.6 Å². The Morgan fingerprint density at radius 2 is 1.76 bits per heavy atom. The van der Waals surface area contributed by atoms with E-state index >= 15 is 0 Å². The second-order valence-corrected chi connectivity index (χ2v) is 8.29. The average Bonchev–Trinajstić information content (AvgIpc) is 3.32. The lowest BCUT2D eigenvalue weighted by Crippen LogP contribution is -2.39. The Hall–Kier alpha value is -4.42. The molecule has 0 aliphatic carbocycles. The highest BCUT2D eigenvalue weighted by Gasteiger charge is 2.38. The zero-order valence-electron chi connectivity index (χ0n) is 19.6. The zero-order valence-corrected chi connectivity index (χ0v) is 19.6. The SMILES string of the molecule is Cc1cccc(C(=O)N2CCC(n3cnc4ncc(-c5cccnc5)nc43)CC2)n1.O=C(O)C(F)(F)F. The quantitative estimate of drug-likeness (QED) is 0.439. The Bertz CT molecular complexity index is 1400. The summed E-state index contributed by atoms with van der Waals surface area (Å²) in [5.41, 5.74) is 4.45. The molecule has 1 saturated heterocycles. The minimum absolute atomic E-state index is 0.00806. The van der Waals surface area contributed by atoms with Crippen molar-refractivity contribution in [2.45, 2.75) is 32.0 Å². The number of carbonyl (C=O) groups is 2.